The van der Waals surface area contributed by atoms with Crippen LogP contribution >= 0.6 is 0 Å². The predicted molar refractivity (Wildman–Crippen MR) is 106 cm³/mol. The Morgan fingerprint density at radius 3 is 2.48 bits per heavy atom. The number of carbonyl (C=O) groups is 1. The minimum atomic E-state index is -4.67. The van der Waals surface area contributed by atoms with Gasteiger partial charge in [-0.15, -0.1) is 0 Å². The molecule has 2 aromatic carbocycles. The van der Waals surface area contributed by atoms with Gasteiger partial charge in [0, 0.05) is 38.4 Å². The molecule has 160 valence electrons. The highest BCUT2D eigenvalue weighted by Gasteiger charge is 2.37. The van der Waals surface area contributed by atoms with Crippen LogP contribution in [-0.4, -0.2) is 47.0 Å². The Morgan fingerprint density at radius 1 is 1.13 bits per heavy atom. The monoisotopic (exact) mass is 429 g/mol. The number of oxazole rings is 1. The van der Waals surface area contributed by atoms with Crippen LogP contribution in [0.15, 0.2) is 46.9 Å². The highest BCUT2D eigenvalue weighted by molar-refractivity contribution is 5.91. The molecule has 3 aromatic rings. The van der Waals surface area contributed by atoms with Crippen LogP contribution in [0.3, 0.4) is 0 Å². The molecule has 2 amide bonds. The van der Waals surface area contributed by atoms with Gasteiger partial charge in [-0.05, 0) is 35.9 Å². The van der Waals surface area contributed by atoms with E-state index in [0.717, 1.165) is 12.1 Å². The first-order valence-corrected chi connectivity index (χ1v) is 9.57. The minimum absolute atomic E-state index is 0.00161. The quantitative estimate of drug-likeness (QED) is 0.679. The molecule has 1 saturated heterocycles. The molecule has 0 spiro atoms. The molecule has 1 aliphatic heterocycles. The van der Waals surface area contributed by atoms with Crippen LogP contribution in [0.2, 0.25) is 0 Å². The summed E-state index contributed by atoms with van der Waals surface area (Å²) in [4.78, 5) is 19.9. The number of benzene rings is 2. The summed E-state index contributed by atoms with van der Waals surface area (Å²) < 4.78 is 42.9. The molecular formula is C21H18F3N5O2. The molecule has 2 heterocycles. The lowest BCUT2D eigenvalue weighted by atomic mass is 10.1. The van der Waals surface area contributed by atoms with Gasteiger partial charge in [-0.25, -0.2) is 9.78 Å². The third-order valence-electron chi connectivity index (χ3n) is 5.03. The zero-order valence-corrected chi connectivity index (χ0v) is 16.3. The Balaban J connectivity index is 1.33. The van der Waals surface area contributed by atoms with Crippen LogP contribution in [0, 0.1) is 11.3 Å². The van der Waals surface area contributed by atoms with Crippen molar-refractivity contribution in [3.63, 3.8) is 0 Å². The number of nitrogens with zero attached hydrogens (tertiary/aromatic N) is 4. The largest absolute Gasteiger partial charge is 0.468 e. The number of alkyl halides is 3. The number of piperazine rings is 1. The van der Waals surface area contributed by atoms with Gasteiger partial charge in [-0.1, -0.05) is 12.1 Å². The fourth-order valence-corrected chi connectivity index (χ4v) is 3.38. The summed E-state index contributed by atoms with van der Waals surface area (Å²) in [5.41, 5.74) is 2.08. The van der Waals surface area contributed by atoms with Crippen molar-refractivity contribution in [1.29, 1.82) is 5.26 Å². The van der Waals surface area contributed by atoms with Crippen LogP contribution in [0.4, 0.5) is 23.7 Å². The van der Waals surface area contributed by atoms with Gasteiger partial charge in [0.15, 0.2) is 5.58 Å². The number of hydrogen-bond donors (Lipinski definition) is 1. The minimum Gasteiger partial charge on any atom is -0.433 e. The molecule has 0 saturated carbocycles. The Kier molecular flexibility index (Phi) is 5.52. The van der Waals surface area contributed by atoms with Crippen molar-refractivity contribution in [3.05, 3.63) is 59.5 Å². The van der Waals surface area contributed by atoms with E-state index in [1.807, 2.05) is 12.1 Å². The molecule has 0 unspecified atom stereocenters. The maximum atomic E-state index is 12.7. The van der Waals surface area contributed by atoms with E-state index in [2.05, 4.69) is 21.3 Å². The SMILES string of the molecule is N#Cc1ccc(CN2CCN(C(=O)Nc3ccc4oc(C(F)(F)F)nc4c3)CC2)cc1. The summed E-state index contributed by atoms with van der Waals surface area (Å²) in [5.74, 6) is -1.32. The number of fused-ring (bicyclic) bond motifs is 1. The summed E-state index contributed by atoms with van der Waals surface area (Å²) >= 11 is 0. The number of hydrogen-bond acceptors (Lipinski definition) is 5. The van der Waals surface area contributed by atoms with Crippen LogP contribution < -0.4 is 5.32 Å². The topological polar surface area (TPSA) is 85.4 Å². The van der Waals surface area contributed by atoms with Crippen molar-refractivity contribution in [2.45, 2.75) is 12.7 Å². The van der Waals surface area contributed by atoms with E-state index in [4.69, 9.17) is 9.68 Å². The van der Waals surface area contributed by atoms with Gasteiger partial charge >= 0.3 is 18.1 Å². The molecule has 1 N–H and O–H groups in total. The second-order valence-electron chi connectivity index (χ2n) is 7.20. The Bertz CT molecular complexity index is 1130. The molecule has 1 fully saturated rings. The summed E-state index contributed by atoms with van der Waals surface area (Å²) in [6.07, 6.45) is -4.67. The van der Waals surface area contributed by atoms with Crippen molar-refractivity contribution in [2.24, 2.45) is 0 Å². The van der Waals surface area contributed by atoms with E-state index in [1.54, 1.807) is 17.0 Å². The lowest BCUT2D eigenvalue weighted by molar-refractivity contribution is -0.156. The average Bonchev–Trinajstić information content (AvgIpc) is 3.19. The maximum Gasteiger partial charge on any atom is 0.468 e. The van der Waals surface area contributed by atoms with Gasteiger partial charge in [0.2, 0.25) is 0 Å². The van der Waals surface area contributed by atoms with Crippen LogP contribution in [0.5, 0.6) is 0 Å². The number of rotatable bonds is 3. The van der Waals surface area contributed by atoms with Crippen LogP contribution in [0.1, 0.15) is 17.0 Å². The lowest BCUT2D eigenvalue weighted by Gasteiger charge is -2.34. The third-order valence-corrected chi connectivity index (χ3v) is 5.03. The number of aromatic nitrogens is 1. The molecule has 0 atom stereocenters. The van der Waals surface area contributed by atoms with E-state index in [9.17, 15) is 18.0 Å². The summed E-state index contributed by atoms with van der Waals surface area (Å²) in [5, 5.41) is 11.6. The van der Waals surface area contributed by atoms with Crippen LogP contribution in [0.25, 0.3) is 11.1 Å². The Labute approximate surface area is 175 Å². The Morgan fingerprint density at radius 2 is 1.84 bits per heavy atom. The number of amides is 2. The smallest absolute Gasteiger partial charge is 0.433 e. The molecule has 7 nitrogen and oxygen atoms in total. The number of nitriles is 1. The third kappa shape index (κ3) is 4.78. The van der Waals surface area contributed by atoms with Gasteiger partial charge in [-0.3, -0.25) is 4.90 Å². The van der Waals surface area contributed by atoms with Crippen molar-refractivity contribution in [2.75, 3.05) is 31.5 Å². The van der Waals surface area contributed by atoms with E-state index in [-0.39, 0.29) is 17.1 Å². The number of carbonyl (C=O) groups excluding carboxylic acids is 1. The predicted octanol–water partition coefficient (Wildman–Crippen LogP) is 4.07. The number of nitrogens with one attached hydrogen (secondary N) is 1. The van der Waals surface area contributed by atoms with Crippen molar-refractivity contribution in [1.82, 2.24) is 14.8 Å². The molecule has 1 aromatic heterocycles. The standard InChI is InChI=1S/C21H18F3N5O2/c22-21(23,24)19-27-17-11-16(5-6-18(17)31-19)26-20(30)29-9-7-28(8-10-29)13-15-3-1-14(12-25)2-4-15/h1-6,11H,7-10,13H2,(H,26,30). The fourth-order valence-electron chi connectivity index (χ4n) is 3.38. The molecule has 0 radical (unpaired) electrons. The van der Waals surface area contributed by atoms with Gasteiger partial charge in [0.05, 0.1) is 11.6 Å². The second kappa shape index (κ2) is 8.28. The van der Waals surface area contributed by atoms with E-state index >= 15 is 0 Å². The van der Waals surface area contributed by atoms with Crippen molar-refractivity contribution in [3.8, 4) is 6.07 Å². The molecule has 10 heteroatoms. The normalized spacial score (nSPS) is 15.1. The van der Waals surface area contributed by atoms with Gasteiger partial charge < -0.3 is 14.6 Å². The first-order chi connectivity index (χ1) is 14.8. The zero-order valence-electron chi connectivity index (χ0n) is 16.3. The maximum absolute atomic E-state index is 12.7. The summed E-state index contributed by atoms with van der Waals surface area (Å²) in [6.45, 7) is 3.14. The average molecular weight is 429 g/mol. The zero-order chi connectivity index (χ0) is 22.0. The van der Waals surface area contributed by atoms with Gasteiger partial charge in [0.1, 0.15) is 5.52 Å². The fraction of sp³-hybridized carbons (Fsp3) is 0.286. The highest BCUT2D eigenvalue weighted by Crippen LogP contribution is 2.31. The number of halogens is 3. The number of anilines is 1. The number of urea groups is 1. The van der Waals surface area contributed by atoms with Gasteiger partial charge in [-0.2, -0.15) is 18.4 Å². The highest BCUT2D eigenvalue weighted by atomic mass is 19.4. The Hall–Kier alpha value is -3.58. The first-order valence-electron chi connectivity index (χ1n) is 9.57. The molecule has 0 aliphatic carbocycles. The first kappa shape index (κ1) is 20.7. The second-order valence-corrected chi connectivity index (χ2v) is 7.20. The van der Waals surface area contributed by atoms with Crippen molar-refractivity contribution < 1.29 is 22.4 Å². The lowest BCUT2D eigenvalue weighted by Crippen LogP contribution is -2.49. The molecule has 0 bridgehead atoms. The molecule has 1 aliphatic rings. The van der Waals surface area contributed by atoms with Gasteiger partial charge in [0.25, 0.3) is 0 Å². The van der Waals surface area contributed by atoms with Crippen LogP contribution in [-0.2, 0) is 12.7 Å². The molecular weight excluding hydrogens is 411 g/mol. The summed E-state index contributed by atoms with van der Waals surface area (Å²) in [7, 11) is 0. The molecule has 31 heavy (non-hydrogen) atoms. The van der Waals surface area contributed by atoms with Crippen molar-refractivity contribution >= 4 is 22.8 Å². The molecule has 4 rings (SSSR count). The van der Waals surface area contributed by atoms with E-state index in [1.165, 1.54) is 18.2 Å². The summed E-state index contributed by atoms with van der Waals surface area (Å²) in [6, 6.07) is 13.3. The van der Waals surface area contributed by atoms with E-state index in [0.29, 0.717) is 37.4 Å². The van der Waals surface area contributed by atoms with E-state index < -0.39 is 12.1 Å².